The number of benzene rings is 6. The van der Waals surface area contributed by atoms with Crippen LogP contribution in [0.2, 0.25) is 19.6 Å². The number of hydrogen-bond donors (Lipinski definition) is 0. The van der Waals surface area contributed by atoms with Crippen LogP contribution in [-0.2, 0) is 26.5 Å². The second kappa shape index (κ2) is 16.5. The van der Waals surface area contributed by atoms with Crippen LogP contribution in [0.3, 0.4) is 0 Å². The number of aryl methyl sites for hydroxylation is 2. The van der Waals surface area contributed by atoms with Gasteiger partial charge in [0.1, 0.15) is 5.58 Å². The number of para-hydroxylation sites is 3. The molecule has 6 heteroatoms. The summed E-state index contributed by atoms with van der Waals surface area (Å²) in [6.07, 6.45) is 3.21. The average Bonchev–Trinajstić information content (AvgIpc) is 3.76. The SMILES string of the molecule is CC(C)(C)Cc1cc(-c2[c-]cccc2)ncc1[Si](C)(C)C.Cc1cc(-c2ccccc2)cc(C)c1-n1c(-c2[c-]ccc3c2oc2ccccc23)nc2ccccc21.[Ir]. The molecule has 0 aliphatic carbocycles. The Hall–Kier alpha value is -5.39. The fraction of sp³-hybridized carbons (Fsp3) is 0.192. The number of fused-ring (bicyclic) bond motifs is 4. The number of hydrogen-bond acceptors (Lipinski definition) is 3. The molecule has 58 heavy (non-hydrogen) atoms. The van der Waals surface area contributed by atoms with Gasteiger partial charge >= 0.3 is 0 Å². The maximum atomic E-state index is 6.38. The smallest absolute Gasteiger partial charge is 0.120 e. The van der Waals surface area contributed by atoms with E-state index >= 15 is 0 Å². The summed E-state index contributed by atoms with van der Waals surface area (Å²) >= 11 is 0. The minimum atomic E-state index is -1.37. The van der Waals surface area contributed by atoms with Crippen molar-refractivity contribution in [2.45, 2.75) is 60.7 Å². The normalized spacial score (nSPS) is 11.7. The van der Waals surface area contributed by atoms with Crippen LogP contribution in [0, 0.1) is 31.4 Å². The Balaban J connectivity index is 0.000000200. The largest absolute Gasteiger partial charge is 0.501 e. The van der Waals surface area contributed by atoms with Gasteiger partial charge in [-0.1, -0.05) is 124 Å². The zero-order chi connectivity index (χ0) is 39.9. The van der Waals surface area contributed by atoms with Gasteiger partial charge in [0.05, 0.1) is 30.5 Å². The molecule has 0 aliphatic heterocycles. The summed E-state index contributed by atoms with van der Waals surface area (Å²) in [5.41, 5.74) is 14.4. The molecule has 0 spiro atoms. The average molecular weight is 952 g/mol. The molecule has 3 aromatic heterocycles. The van der Waals surface area contributed by atoms with Crippen LogP contribution >= 0.6 is 0 Å². The summed E-state index contributed by atoms with van der Waals surface area (Å²) in [7, 11) is -1.37. The summed E-state index contributed by atoms with van der Waals surface area (Å²) in [6, 6.07) is 52.7. The molecule has 0 amide bonds. The Morgan fingerprint density at radius 3 is 2.10 bits per heavy atom. The second-order valence-electron chi connectivity index (χ2n) is 17.3. The van der Waals surface area contributed by atoms with E-state index in [1.54, 1.807) is 0 Å². The third kappa shape index (κ3) is 8.28. The van der Waals surface area contributed by atoms with Gasteiger partial charge in [0.2, 0.25) is 0 Å². The third-order valence-electron chi connectivity index (χ3n) is 10.4. The molecular formula is C52H49IrN3OSi-2. The fourth-order valence-corrected chi connectivity index (χ4v) is 9.55. The first-order chi connectivity index (χ1) is 27.4. The minimum Gasteiger partial charge on any atom is -0.501 e. The maximum absolute atomic E-state index is 6.38. The molecule has 3 heterocycles. The predicted molar refractivity (Wildman–Crippen MR) is 242 cm³/mol. The molecule has 0 saturated carbocycles. The standard InChI is InChI=1S/C33H23N2O.C19H26NSi.Ir/c1-21-19-24(23-11-4-3-5-12-23)20-22(2)31(21)35-29-17-8-7-16-28(29)34-33(35)27-15-10-14-26-25-13-6-9-18-30(25)36-32(26)27;1-19(2,3)13-16-12-17(15-10-8-7-9-11-15)20-14-18(16)21(4,5)6;/h3-14,16-20H,1-2H3;7-10,12,14H,13H2,1-6H3;/q2*-1;. The van der Waals surface area contributed by atoms with E-state index in [1.165, 1.54) is 33.0 Å². The van der Waals surface area contributed by atoms with Crippen LogP contribution < -0.4 is 5.19 Å². The van der Waals surface area contributed by atoms with E-state index in [-0.39, 0.29) is 25.5 Å². The molecule has 0 bridgehead atoms. The van der Waals surface area contributed by atoms with Gasteiger partial charge in [0, 0.05) is 37.4 Å². The Bertz CT molecular complexity index is 2840. The summed E-state index contributed by atoms with van der Waals surface area (Å²) in [6.45, 7) is 18.4. The van der Waals surface area contributed by atoms with Gasteiger partial charge < -0.3 is 14.0 Å². The quantitative estimate of drug-likeness (QED) is 0.123. The number of imidazole rings is 1. The summed E-state index contributed by atoms with van der Waals surface area (Å²) in [5.74, 6) is 0.833. The summed E-state index contributed by atoms with van der Waals surface area (Å²) in [5, 5.41) is 3.66. The number of nitrogens with zero attached hydrogens (tertiary/aromatic N) is 3. The van der Waals surface area contributed by atoms with Crippen molar-refractivity contribution in [1.29, 1.82) is 0 Å². The molecule has 0 aliphatic rings. The van der Waals surface area contributed by atoms with Gasteiger partial charge in [-0.2, -0.15) is 0 Å². The van der Waals surface area contributed by atoms with E-state index in [0.717, 1.165) is 67.7 Å². The summed E-state index contributed by atoms with van der Waals surface area (Å²) in [4.78, 5) is 9.82. The van der Waals surface area contributed by atoms with Gasteiger partial charge in [-0.05, 0) is 89.1 Å². The Morgan fingerprint density at radius 1 is 0.707 bits per heavy atom. The first-order valence-electron chi connectivity index (χ1n) is 19.8. The molecule has 9 rings (SSSR count). The molecule has 0 N–H and O–H groups in total. The Kier molecular flexibility index (Phi) is 11.6. The van der Waals surface area contributed by atoms with Crippen molar-refractivity contribution in [2.24, 2.45) is 5.41 Å². The predicted octanol–water partition coefficient (Wildman–Crippen LogP) is 13.4. The Labute approximate surface area is 357 Å². The Morgan fingerprint density at radius 2 is 1.40 bits per heavy atom. The van der Waals surface area contributed by atoms with E-state index in [0.29, 0.717) is 0 Å². The maximum Gasteiger partial charge on any atom is 0.120 e. The molecule has 0 unspecified atom stereocenters. The van der Waals surface area contributed by atoms with Crippen molar-refractivity contribution < 1.29 is 24.5 Å². The zero-order valence-corrected chi connectivity index (χ0v) is 38.0. The number of aromatic nitrogens is 3. The number of furan rings is 1. The molecule has 6 aromatic carbocycles. The topological polar surface area (TPSA) is 43.9 Å². The van der Waals surface area contributed by atoms with Crippen molar-refractivity contribution in [1.82, 2.24) is 14.5 Å². The van der Waals surface area contributed by atoms with Crippen LogP contribution in [0.5, 0.6) is 0 Å². The van der Waals surface area contributed by atoms with Gasteiger partial charge in [-0.25, -0.2) is 0 Å². The molecule has 293 valence electrons. The molecule has 0 atom stereocenters. The van der Waals surface area contributed by atoms with Crippen molar-refractivity contribution in [3.63, 3.8) is 0 Å². The van der Waals surface area contributed by atoms with Crippen LogP contribution in [0.15, 0.2) is 144 Å². The van der Waals surface area contributed by atoms with Crippen molar-refractivity contribution in [3.05, 3.63) is 168 Å². The van der Waals surface area contributed by atoms with E-state index in [9.17, 15) is 0 Å². The molecule has 0 fully saturated rings. The van der Waals surface area contributed by atoms with Gasteiger partial charge in [-0.3, -0.25) is 4.98 Å². The van der Waals surface area contributed by atoms with Gasteiger partial charge in [0.25, 0.3) is 0 Å². The molecule has 1 radical (unpaired) electrons. The van der Waals surface area contributed by atoms with E-state index in [4.69, 9.17) is 14.4 Å². The first-order valence-corrected chi connectivity index (χ1v) is 23.3. The summed E-state index contributed by atoms with van der Waals surface area (Å²) < 4.78 is 8.65. The minimum absolute atomic E-state index is 0. The van der Waals surface area contributed by atoms with E-state index in [2.05, 4.69) is 162 Å². The second-order valence-corrected chi connectivity index (χ2v) is 22.3. The van der Waals surface area contributed by atoms with Gasteiger partial charge in [-0.15, -0.1) is 54.1 Å². The van der Waals surface area contributed by atoms with Crippen molar-refractivity contribution in [3.8, 4) is 39.5 Å². The van der Waals surface area contributed by atoms with Crippen LogP contribution in [-0.4, -0.2) is 22.6 Å². The molecule has 9 aromatic rings. The zero-order valence-electron chi connectivity index (χ0n) is 34.6. The van der Waals surface area contributed by atoms with E-state index in [1.807, 2.05) is 48.5 Å². The first kappa shape index (κ1) is 40.8. The molecular weight excluding hydrogens is 903 g/mol. The van der Waals surface area contributed by atoms with Gasteiger partial charge in [0.15, 0.2) is 0 Å². The van der Waals surface area contributed by atoms with Crippen LogP contribution in [0.4, 0.5) is 0 Å². The van der Waals surface area contributed by atoms with E-state index < -0.39 is 8.07 Å². The fourth-order valence-electron chi connectivity index (χ4n) is 7.97. The molecule has 0 saturated heterocycles. The van der Waals surface area contributed by atoms with Crippen LogP contribution in [0.25, 0.3) is 72.4 Å². The monoisotopic (exact) mass is 952 g/mol. The third-order valence-corrected chi connectivity index (χ3v) is 12.5. The van der Waals surface area contributed by atoms with Crippen LogP contribution in [0.1, 0.15) is 37.5 Å². The molecule has 4 nitrogen and oxygen atoms in total. The number of pyridine rings is 1. The number of rotatable bonds is 6. The van der Waals surface area contributed by atoms with Crippen molar-refractivity contribution in [2.75, 3.05) is 0 Å². The van der Waals surface area contributed by atoms with Crippen molar-refractivity contribution >= 4 is 46.2 Å².